The molecule has 0 aliphatic rings. The van der Waals surface area contributed by atoms with Crippen molar-refractivity contribution in [3.8, 4) is 0 Å². The molecule has 0 saturated carbocycles. The van der Waals surface area contributed by atoms with Crippen LogP contribution in [0.5, 0.6) is 0 Å². The third kappa shape index (κ3) is 5.67. The number of benzene rings is 2. The van der Waals surface area contributed by atoms with E-state index in [-0.39, 0.29) is 17.0 Å². The van der Waals surface area contributed by atoms with Crippen molar-refractivity contribution < 1.29 is 17.0 Å². The summed E-state index contributed by atoms with van der Waals surface area (Å²) < 4.78 is 0. The van der Waals surface area contributed by atoms with Gasteiger partial charge in [0.2, 0.25) is 7.56 Å². The lowest BCUT2D eigenvalue weighted by Gasteiger charge is -2.28. The maximum Gasteiger partial charge on any atom is 0.213 e. The molecule has 4 heteroatoms. The van der Waals surface area contributed by atoms with Gasteiger partial charge in [0.1, 0.15) is 10.6 Å². The molecule has 0 unspecified atom stereocenters. The minimum Gasteiger partial charge on any atom is -1.00 e. The van der Waals surface area contributed by atoms with E-state index in [0.717, 1.165) is 13.1 Å². The summed E-state index contributed by atoms with van der Waals surface area (Å²) in [6, 6.07) is 21.8. The minimum absolute atomic E-state index is 0. The van der Waals surface area contributed by atoms with Gasteiger partial charge in [-0.3, -0.25) is 0 Å². The molecule has 0 bridgehead atoms. The summed E-state index contributed by atoms with van der Waals surface area (Å²) >= 11 is 0. The van der Waals surface area contributed by atoms with Crippen LogP contribution in [-0.2, 0) is 0 Å². The van der Waals surface area contributed by atoms with Gasteiger partial charge in [0.05, 0.1) is 0 Å². The van der Waals surface area contributed by atoms with E-state index in [1.54, 1.807) is 0 Å². The fourth-order valence-corrected chi connectivity index (χ4v) is 6.09. The van der Waals surface area contributed by atoms with Gasteiger partial charge in [0.15, 0.2) is 0 Å². The molecule has 0 atom stereocenters. The SMILES string of the molecule is CCCCN[P+](NCCCC)(c1ccccc1)c1ccccc1.[Br-]. The largest absolute Gasteiger partial charge is 1.00 e. The predicted octanol–water partition coefficient (Wildman–Crippen LogP) is 1.27. The monoisotopic (exact) mass is 408 g/mol. The number of hydrogen-bond donors (Lipinski definition) is 2. The Bertz CT molecular complexity index is 497. The summed E-state index contributed by atoms with van der Waals surface area (Å²) in [5.74, 6) is 0. The van der Waals surface area contributed by atoms with Gasteiger partial charge < -0.3 is 17.0 Å². The van der Waals surface area contributed by atoms with Gasteiger partial charge in [-0.2, -0.15) is 10.2 Å². The van der Waals surface area contributed by atoms with E-state index < -0.39 is 7.56 Å². The number of nitrogens with one attached hydrogen (secondary N) is 2. The van der Waals surface area contributed by atoms with Crippen molar-refractivity contribution in [2.24, 2.45) is 0 Å². The zero-order valence-electron chi connectivity index (χ0n) is 14.8. The van der Waals surface area contributed by atoms with E-state index in [1.807, 2.05) is 0 Å². The summed E-state index contributed by atoms with van der Waals surface area (Å²) in [4.78, 5) is 0. The second-order valence-corrected chi connectivity index (χ2v) is 8.87. The second kappa shape index (κ2) is 11.8. The molecule has 0 amide bonds. The average molecular weight is 409 g/mol. The maximum atomic E-state index is 3.93. The third-order valence-electron chi connectivity index (χ3n) is 4.05. The first-order valence-corrected chi connectivity index (χ1v) is 10.6. The number of unbranched alkanes of at least 4 members (excludes halogenated alkanes) is 2. The molecule has 0 spiro atoms. The number of halogens is 1. The first kappa shape index (κ1) is 21.3. The van der Waals surface area contributed by atoms with Gasteiger partial charge >= 0.3 is 0 Å². The van der Waals surface area contributed by atoms with Crippen LogP contribution in [0.1, 0.15) is 39.5 Å². The van der Waals surface area contributed by atoms with Crippen molar-refractivity contribution in [2.75, 3.05) is 13.1 Å². The first-order valence-electron chi connectivity index (χ1n) is 8.84. The van der Waals surface area contributed by atoms with Crippen molar-refractivity contribution in [3.05, 3.63) is 60.7 Å². The Kier molecular flexibility index (Phi) is 10.4. The molecule has 2 aromatic carbocycles. The zero-order valence-corrected chi connectivity index (χ0v) is 17.3. The van der Waals surface area contributed by atoms with Crippen LogP contribution >= 0.6 is 7.56 Å². The highest BCUT2D eigenvalue weighted by Gasteiger charge is 2.42. The van der Waals surface area contributed by atoms with E-state index >= 15 is 0 Å². The molecule has 0 saturated heterocycles. The van der Waals surface area contributed by atoms with Crippen LogP contribution in [0.4, 0.5) is 0 Å². The van der Waals surface area contributed by atoms with Crippen LogP contribution < -0.4 is 37.8 Å². The van der Waals surface area contributed by atoms with E-state index in [2.05, 4.69) is 84.7 Å². The molecule has 0 heterocycles. The molecule has 2 N–H and O–H groups in total. The molecule has 2 rings (SSSR count). The second-order valence-electron chi connectivity index (χ2n) is 5.87. The van der Waals surface area contributed by atoms with Crippen molar-refractivity contribution in [2.45, 2.75) is 39.5 Å². The molecule has 132 valence electrons. The van der Waals surface area contributed by atoms with Crippen molar-refractivity contribution >= 4 is 18.2 Å². The Morgan fingerprint density at radius 1 is 0.667 bits per heavy atom. The lowest BCUT2D eigenvalue weighted by atomic mass is 10.3. The Balaban J connectivity index is 0.00000288. The molecule has 0 fully saturated rings. The molecular formula is C20H30BrN2P. The summed E-state index contributed by atoms with van der Waals surface area (Å²) in [5.41, 5.74) is 0. The fraction of sp³-hybridized carbons (Fsp3) is 0.400. The van der Waals surface area contributed by atoms with Gasteiger partial charge in [-0.05, 0) is 37.1 Å². The van der Waals surface area contributed by atoms with Crippen molar-refractivity contribution in [1.29, 1.82) is 0 Å². The van der Waals surface area contributed by atoms with Crippen molar-refractivity contribution in [3.63, 3.8) is 0 Å². The Morgan fingerprint density at radius 2 is 1.04 bits per heavy atom. The summed E-state index contributed by atoms with van der Waals surface area (Å²) in [7, 11) is -1.76. The lowest BCUT2D eigenvalue weighted by Crippen LogP contribution is -3.00. The van der Waals surface area contributed by atoms with E-state index in [0.29, 0.717) is 0 Å². The van der Waals surface area contributed by atoms with Crippen molar-refractivity contribution in [1.82, 2.24) is 10.2 Å². The fourth-order valence-electron chi connectivity index (χ4n) is 2.72. The summed E-state index contributed by atoms with van der Waals surface area (Å²) in [6.07, 6.45) is 4.84. The zero-order chi connectivity index (χ0) is 16.4. The van der Waals surface area contributed by atoms with E-state index in [4.69, 9.17) is 0 Å². The van der Waals surface area contributed by atoms with E-state index in [1.165, 1.54) is 36.3 Å². The van der Waals surface area contributed by atoms with Gasteiger partial charge in [-0.15, -0.1) is 0 Å². The smallest absolute Gasteiger partial charge is 0.213 e. The normalized spacial score (nSPS) is 11.1. The quantitative estimate of drug-likeness (QED) is 0.456. The molecule has 0 radical (unpaired) electrons. The highest BCUT2D eigenvalue weighted by molar-refractivity contribution is 7.86. The molecule has 0 aliphatic heterocycles. The molecule has 24 heavy (non-hydrogen) atoms. The highest BCUT2D eigenvalue weighted by atomic mass is 79.9. The van der Waals surface area contributed by atoms with Gasteiger partial charge in [0.25, 0.3) is 0 Å². The predicted molar refractivity (Wildman–Crippen MR) is 105 cm³/mol. The summed E-state index contributed by atoms with van der Waals surface area (Å²) in [6.45, 7) is 6.59. The molecule has 0 aromatic heterocycles. The third-order valence-corrected chi connectivity index (χ3v) is 7.59. The molecule has 2 aromatic rings. The maximum absolute atomic E-state index is 3.93. The molecular weight excluding hydrogens is 379 g/mol. The first-order chi connectivity index (χ1) is 11.3. The lowest BCUT2D eigenvalue weighted by molar-refractivity contribution is -0.00000495. The van der Waals surface area contributed by atoms with Crippen LogP contribution in [0.3, 0.4) is 0 Å². The Labute approximate surface area is 158 Å². The van der Waals surface area contributed by atoms with Crippen LogP contribution in [0.25, 0.3) is 0 Å². The van der Waals surface area contributed by atoms with Crippen LogP contribution in [0.15, 0.2) is 60.7 Å². The highest BCUT2D eigenvalue weighted by Crippen LogP contribution is 2.47. The van der Waals surface area contributed by atoms with Crippen LogP contribution in [-0.4, -0.2) is 13.1 Å². The summed E-state index contributed by atoms with van der Waals surface area (Å²) in [5, 5.41) is 10.6. The van der Waals surface area contributed by atoms with E-state index in [9.17, 15) is 0 Å². The number of hydrogen-bond acceptors (Lipinski definition) is 2. The minimum atomic E-state index is -1.76. The van der Waals surface area contributed by atoms with Crippen LogP contribution in [0, 0.1) is 0 Å². The number of rotatable bonds is 10. The molecule has 0 aliphatic carbocycles. The Hall–Kier alpha value is -0.730. The Morgan fingerprint density at radius 3 is 1.38 bits per heavy atom. The van der Waals surface area contributed by atoms with Gasteiger partial charge in [-0.1, -0.05) is 63.1 Å². The van der Waals surface area contributed by atoms with Gasteiger partial charge in [-0.25, -0.2) is 0 Å². The standard InChI is InChI=1S/C20H30N2P.BrH/c1-3-5-17-21-23(22-18-6-4-2,19-13-9-7-10-14-19)20-15-11-8-12-16-20;/h7-16,21-22H,3-6,17-18H2,1-2H3;1H/q+1;/p-1. The molecule has 2 nitrogen and oxygen atoms in total. The van der Waals surface area contributed by atoms with Crippen LogP contribution in [0.2, 0.25) is 0 Å². The van der Waals surface area contributed by atoms with Gasteiger partial charge in [0, 0.05) is 13.1 Å². The topological polar surface area (TPSA) is 24.1 Å². The average Bonchev–Trinajstić information content (AvgIpc) is 2.62.